The van der Waals surface area contributed by atoms with Crippen LogP contribution in [0, 0.1) is 10.1 Å². The van der Waals surface area contributed by atoms with E-state index in [1.54, 1.807) is 0 Å². The Morgan fingerprint density at radius 3 is 2.59 bits per heavy atom. The third-order valence-electron chi connectivity index (χ3n) is 1.87. The highest BCUT2D eigenvalue weighted by atomic mass is 35.7. The second-order valence-electron chi connectivity index (χ2n) is 3.17. The van der Waals surface area contributed by atoms with Crippen molar-refractivity contribution in [2.75, 3.05) is 6.61 Å². The van der Waals surface area contributed by atoms with Gasteiger partial charge in [-0.05, 0) is 18.6 Å². The largest absolute Gasteiger partial charge is 0.487 e. The van der Waals surface area contributed by atoms with Gasteiger partial charge in [0.25, 0.3) is 9.05 Å². The lowest BCUT2D eigenvalue weighted by Gasteiger charge is -2.05. The molecule has 1 aromatic rings. The predicted molar refractivity (Wildman–Crippen MR) is 61.9 cm³/mol. The summed E-state index contributed by atoms with van der Waals surface area (Å²) >= 11 is 0. The number of halogens is 1. The van der Waals surface area contributed by atoms with E-state index in [0.29, 0.717) is 13.0 Å². The van der Waals surface area contributed by atoms with Crippen LogP contribution < -0.4 is 4.74 Å². The van der Waals surface area contributed by atoms with Crippen molar-refractivity contribution < 1.29 is 18.1 Å². The number of nitro benzene ring substituents is 1. The standard InChI is InChI=1S/C9H10ClNO5S/c1-2-5-16-9-4-3-7(17(10,14)15)6-8(9)11(12)13/h3-4,6H,2,5H2,1H3. The minimum atomic E-state index is -3.98. The molecule has 0 aliphatic rings. The van der Waals surface area contributed by atoms with Gasteiger partial charge in [0.15, 0.2) is 5.75 Å². The summed E-state index contributed by atoms with van der Waals surface area (Å²) < 4.78 is 27.2. The maximum Gasteiger partial charge on any atom is 0.312 e. The van der Waals surface area contributed by atoms with Crippen molar-refractivity contribution in [1.29, 1.82) is 0 Å². The van der Waals surface area contributed by atoms with Gasteiger partial charge in [-0.15, -0.1) is 0 Å². The molecule has 0 aliphatic heterocycles. The Balaban J connectivity index is 3.22. The second kappa shape index (κ2) is 5.33. The molecule has 0 fully saturated rings. The molecular weight excluding hydrogens is 270 g/mol. The molecule has 8 heteroatoms. The first kappa shape index (κ1) is 13.7. The zero-order chi connectivity index (χ0) is 13.1. The Morgan fingerprint density at radius 1 is 1.47 bits per heavy atom. The van der Waals surface area contributed by atoms with Crippen LogP contribution >= 0.6 is 10.7 Å². The third kappa shape index (κ3) is 3.57. The average Bonchev–Trinajstić information content (AvgIpc) is 2.24. The summed E-state index contributed by atoms with van der Waals surface area (Å²) in [5.41, 5.74) is -0.417. The summed E-state index contributed by atoms with van der Waals surface area (Å²) in [7, 11) is 1.12. The normalized spacial score (nSPS) is 11.2. The van der Waals surface area contributed by atoms with Crippen molar-refractivity contribution >= 4 is 25.4 Å². The number of rotatable bonds is 5. The fourth-order valence-electron chi connectivity index (χ4n) is 1.13. The van der Waals surface area contributed by atoms with Gasteiger partial charge in [0.1, 0.15) is 0 Å². The molecule has 0 atom stereocenters. The molecule has 0 saturated carbocycles. The molecule has 1 aromatic carbocycles. The van der Waals surface area contributed by atoms with E-state index in [2.05, 4.69) is 0 Å². The van der Waals surface area contributed by atoms with Crippen LogP contribution in [0.3, 0.4) is 0 Å². The van der Waals surface area contributed by atoms with Gasteiger partial charge in [0.2, 0.25) is 0 Å². The molecule has 0 spiro atoms. The highest BCUT2D eigenvalue weighted by Gasteiger charge is 2.20. The summed E-state index contributed by atoms with van der Waals surface area (Å²) in [6.07, 6.45) is 0.687. The first-order valence-corrected chi connectivity index (χ1v) is 7.03. The summed E-state index contributed by atoms with van der Waals surface area (Å²) in [4.78, 5) is 9.72. The highest BCUT2D eigenvalue weighted by Crippen LogP contribution is 2.30. The van der Waals surface area contributed by atoms with Crippen LogP contribution in [0.1, 0.15) is 13.3 Å². The van der Waals surface area contributed by atoms with Gasteiger partial charge in [-0.3, -0.25) is 10.1 Å². The second-order valence-corrected chi connectivity index (χ2v) is 5.74. The van der Waals surface area contributed by atoms with Gasteiger partial charge in [-0.25, -0.2) is 8.42 Å². The molecule has 1 rings (SSSR count). The molecule has 0 bridgehead atoms. The Kier molecular flexibility index (Phi) is 4.30. The molecule has 6 nitrogen and oxygen atoms in total. The zero-order valence-corrected chi connectivity index (χ0v) is 10.5. The number of ether oxygens (including phenoxy) is 1. The third-order valence-corrected chi connectivity index (χ3v) is 3.22. The van der Waals surface area contributed by atoms with Gasteiger partial charge in [-0.1, -0.05) is 6.92 Å². The van der Waals surface area contributed by atoms with Crippen LogP contribution in [0.5, 0.6) is 5.75 Å². The quantitative estimate of drug-likeness (QED) is 0.469. The van der Waals surface area contributed by atoms with E-state index in [4.69, 9.17) is 15.4 Å². The van der Waals surface area contributed by atoms with Gasteiger partial charge in [0, 0.05) is 16.7 Å². The van der Waals surface area contributed by atoms with E-state index in [1.165, 1.54) is 12.1 Å². The molecule has 0 N–H and O–H groups in total. The Morgan fingerprint density at radius 2 is 2.12 bits per heavy atom. The molecule has 0 amide bonds. The molecule has 0 aromatic heterocycles. The van der Waals surface area contributed by atoms with Crippen molar-refractivity contribution in [3.8, 4) is 5.75 Å². The van der Waals surface area contributed by atoms with Crippen molar-refractivity contribution in [2.45, 2.75) is 18.2 Å². The van der Waals surface area contributed by atoms with Crippen LogP contribution in [0.15, 0.2) is 23.1 Å². The number of benzene rings is 1. The maximum atomic E-state index is 11.0. The van der Waals surface area contributed by atoms with E-state index in [-0.39, 0.29) is 10.6 Å². The first-order valence-electron chi connectivity index (χ1n) is 4.72. The number of hydrogen-bond donors (Lipinski definition) is 0. The topological polar surface area (TPSA) is 86.5 Å². The van der Waals surface area contributed by atoms with E-state index in [9.17, 15) is 18.5 Å². The molecule has 0 unspecified atom stereocenters. The van der Waals surface area contributed by atoms with Crippen LogP contribution in [0.4, 0.5) is 5.69 Å². The number of nitro groups is 1. The minimum Gasteiger partial charge on any atom is -0.487 e. The lowest BCUT2D eigenvalue weighted by atomic mass is 10.3. The minimum absolute atomic E-state index is 0.0286. The lowest BCUT2D eigenvalue weighted by Crippen LogP contribution is -2.01. The van der Waals surface area contributed by atoms with E-state index in [0.717, 1.165) is 6.07 Å². The first-order chi connectivity index (χ1) is 7.86. The fourth-order valence-corrected chi connectivity index (χ4v) is 1.90. The molecular formula is C9H10ClNO5S. The van der Waals surface area contributed by atoms with E-state index < -0.39 is 19.7 Å². The lowest BCUT2D eigenvalue weighted by molar-refractivity contribution is -0.386. The SMILES string of the molecule is CCCOc1ccc(S(=O)(=O)Cl)cc1[N+](=O)[O-]. The van der Waals surface area contributed by atoms with Gasteiger partial charge in [-0.2, -0.15) is 0 Å². The van der Waals surface area contributed by atoms with Crippen LogP contribution in [-0.4, -0.2) is 19.9 Å². The van der Waals surface area contributed by atoms with E-state index in [1.807, 2.05) is 6.92 Å². The van der Waals surface area contributed by atoms with Gasteiger partial charge in [0.05, 0.1) is 16.4 Å². The Bertz CT molecular complexity index is 528. The van der Waals surface area contributed by atoms with Crippen molar-refractivity contribution in [3.05, 3.63) is 28.3 Å². The highest BCUT2D eigenvalue weighted by molar-refractivity contribution is 8.13. The monoisotopic (exact) mass is 279 g/mol. The zero-order valence-electron chi connectivity index (χ0n) is 8.92. The number of nitrogens with zero attached hydrogens (tertiary/aromatic N) is 1. The molecule has 94 valence electrons. The summed E-state index contributed by atoms with van der Waals surface area (Å²) in [6, 6.07) is 3.27. The van der Waals surface area contributed by atoms with Crippen LogP contribution in [-0.2, 0) is 9.05 Å². The van der Waals surface area contributed by atoms with Crippen molar-refractivity contribution in [3.63, 3.8) is 0 Å². The van der Waals surface area contributed by atoms with Gasteiger partial charge < -0.3 is 4.74 Å². The fraction of sp³-hybridized carbons (Fsp3) is 0.333. The average molecular weight is 280 g/mol. The predicted octanol–water partition coefficient (Wildman–Crippen LogP) is 2.31. The smallest absolute Gasteiger partial charge is 0.312 e. The van der Waals surface area contributed by atoms with Crippen LogP contribution in [0.2, 0.25) is 0 Å². The Hall–Kier alpha value is -1.34. The van der Waals surface area contributed by atoms with Crippen molar-refractivity contribution in [2.24, 2.45) is 0 Å². The summed E-state index contributed by atoms with van der Waals surface area (Å²) in [6.45, 7) is 2.16. The molecule has 17 heavy (non-hydrogen) atoms. The molecule has 0 heterocycles. The van der Waals surface area contributed by atoms with Crippen LogP contribution in [0.25, 0.3) is 0 Å². The van der Waals surface area contributed by atoms with Gasteiger partial charge >= 0.3 is 5.69 Å². The van der Waals surface area contributed by atoms with Crippen molar-refractivity contribution in [1.82, 2.24) is 0 Å². The molecule has 0 saturated heterocycles. The maximum absolute atomic E-state index is 11.0. The number of hydrogen-bond acceptors (Lipinski definition) is 5. The molecule has 0 radical (unpaired) electrons. The summed E-state index contributed by atoms with van der Waals surface area (Å²) in [5.74, 6) is 0.0286. The Labute approximate surface area is 103 Å². The molecule has 0 aliphatic carbocycles. The summed E-state index contributed by atoms with van der Waals surface area (Å²) in [5, 5.41) is 10.8. The van der Waals surface area contributed by atoms with E-state index >= 15 is 0 Å².